The van der Waals surface area contributed by atoms with Crippen LogP contribution in [0.25, 0.3) is 0 Å². The molecule has 0 aliphatic carbocycles. The molecule has 1 heterocycles. The molecular weight excluding hydrogens is 450 g/mol. The standard InChI is InChI=1S/C22H20BrN3O2S/c1-13-6-7-19(14(2)8-13)25-21(28)12-29-22-18(11-24)17(10-20(27)26-22)15-4-3-5-16(23)9-15/h3-9,17H,10,12H2,1-2H3,(H,25,28)(H,26,27)/t17-/m0/s1. The third kappa shape index (κ3) is 5.28. The van der Waals surface area contributed by atoms with Gasteiger partial charge in [-0.15, -0.1) is 0 Å². The van der Waals surface area contributed by atoms with Crippen LogP contribution in [-0.4, -0.2) is 17.6 Å². The van der Waals surface area contributed by atoms with E-state index in [0.29, 0.717) is 10.6 Å². The molecule has 0 aromatic heterocycles. The quantitative estimate of drug-likeness (QED) is 0.659. The molecule has 0 spiro atoms. The molecule has 0 bridgehead atoms. The molecule has 2 aromatic rings. The fraction of sp³-hybridized carbons (Fsp3) is 0.227. The Hall–Kier alpha value is -2.56. The molecule has 0 unspecified atom stereocenters. The topological polar surface area (TPSA) is 82.0 Å². The van der Waals surface area contributed by atoms with Gasteiger partial charge in [-0.05, 0) is 43.2 Å². The van der Waals surface area contributed by atoms with Crippen molar-refractivity contribution in [2.45, 2.75) is 26.2 Å². The van der Waals surface area contributed by atoms with E-state index in [1.54, 1.807) is 0 Å². The molecular formula is C22H20BrN3O2S. The molecule has 3 rings (SSSR count). The summed E-state index contributed by atoms with van der Waals surface area (Å²) in [6, 6.07) is 15.6. The summed E-state index contributed by atoms with van der Waals surface area (Å²) < 4.78 is 0.889. The average Bonchev–Trinajstić information content (AvgIpc) is 2.68. The fourth-order valence-corrected chi connectivity index (χ4v) is 4.51. The van der Waals surface area contributed by atoms with Gasteiger partial charge >= 0.3 is 0 Å². The molecule has 1 aliphatic rings. The Labute approximate surface area is 182 Å². The number of carbonyl (C=O) groups excluding carboxylic acids is 2. The van der Waals surface area contributed by atoms with Crippen LogP contribution in [-0.2, 0) is 9.59 Å². The minimum absolute atomic E-state index is 0.0965. The first-order chi connectivity index (χ1) is 13.9. The summed E-state index contributed by atoms with van der Waals surface area (Å²) in [5.41, 5.74) is 4.24. The van der Waals surface area contributed by atoms with Gasteiger partial charge in [-0.2, -0.15) is 5.26 Å². The number of hydrogen-bond acceptors (Lipinski definition) is 4. The number of carbonyl (C=O) groups is 2. The van der Waals surface area contributed by atoms with Crippen LogP contribution in [0.5, 0.6) is 0 Å². The molecule has 5 nitrogen and oxygen atoms in total. The van der Waals surface area contributed by atoms with Crippen LogP contribution < -0.4 is 10.6 Å². The van der Waals surface area contributed by atoms with E-state index < -0.39 is 0 Å². The Morgan fingerprint density at radius 1 is 1.31 bits per heavy atom. The number of benzene rings is 2. The molecule has 0 saturated heterocycles. The van der Waals surface area contributed by atoms with Crippen molar-refractivity contribution >= 4 is 45.2 Å². The minimum atomic E-state index is -0.323. The second-order valence-corrected chi connectivity index (χ2v) is 8.77. The largest absolute Gasteiger partial charge is 0.325 e. The van der Waals surface area contributed by atoms with Crippen LogP contribution in [0.1, 0.15) is 29.0 Å². The maximum atomic E-state index is 12.4. The number of nitrogens with one attached hydrogen (secondary N) is 2. The summed E-state index contributed by atoms with van der Waals surface area (Å²) in [7, 11) is 0. The normalized spacial score (nSPS) is 16.2. The number of amides is 2. The summed E-state index contributed by atoms with van der Waals surface area (Å²) in [6.07, 6.45) is 0.207. The lowest BCUT2D eigenvalue weighted by molar-refractivity contribution is -0.121. The van der Waals surface area contributed by atoms with Gasteiger partial charge in [-0.25, -0.2) is 0 Å². The first kappa shape index (κ1) is 21.2. The molecule has 0 saturated carbocycles. The highest BCUT2D eigenvalue weighted by atomic mass is 79.9. The monoisotopic (exact) mass is 469 g/mol. The number of nitrogens with zero attached hydrogens (tertiary/aromatic N) is 1. The van der Waals surface area contributed by atoms with Crippen molar-refractivity contribution in [3.05, 3.63) is 74.2 Å². The number of allylic oxidation sites excluding steroid dienone is 1. The van der Waals surface area contributed by atoms with Crippen molar-refractivity contribution in [3.8, 4) is 6.07 Å². The highest BCUT2D eigenvalue weighted by Crippen LogP contribution is 2.36. The Bertz CT molecular complexity index is 1040. The first-order valence-electron chi connectivity index (χ1n) is 9.07. The molecule has 1 aliphatic heterocycles. The van der Waals surface area contributed by atoms with Crippen LogP contribution in [0.3, 0.4) is 0 Å². The van der Waals surface area contributed by atoms with Gasteiger partial charge in [0.05, 0.1) is 22.4 Å². The highest BCUT2D eigenvalue weighted by Gasteiger charge is 2.30. The van der Waals surface area contributed by atoms with Crippen LogP contribution in [0.4, 0.5) is 5.69 Å². The number of hydrogen-bond donors (Lipinski definition) is 2. The number of rotatable bonds is 5. The fourth-order valence-electron chi connectivity index (χ4n) is 3.22. The second-order valence-electron chi connectivity index (χ2n) is 6.87. The van der Waals surface area contributed by atoms with E-state index in [2.05, 4.69) is 32.6 Å². The molecule has 1 atom stereocenters. The van der Waals surface area contributed by atoms with Gasteiger partial charge < -0.3 is 10.6 Å². The SMILES string of the molecule is Cc1ccc(NC(=O)CSC2=C(C#N)[C@H](c3cccc(Br)c3)CC(=O)N2)c(C)c1. The van der Waals surface area contributed by atoms with E-state index >= 15 is 0 Å². The molecule has 2 amide bonds. The van der Waals surface area contributed by atoms with Gasteiger partial charge in [0.25, 0.3) is 0 Å². The first-order valence-corrected chi connectivity index (χ1v) is 10.8. The second kappa shape index (κ2) is 9.29. The average molecular weight is 470 g/mol. The molecule has 0 fully saturated rings. The summed E-state index contributed by atoms with van der Waals surface area (Å²) in [4.78, 5) is 24.6. The number of halogens is 1. The van der Waals surface area contributed by atoms with Crippen molar-refractivity contribution < 1.29 is 9.59 Å². The Morgan fingerprint density at radius 3 is 2.79 bits per heavy atom. The van der Waals surface area contributed by atoms with Crippen molar-refractivity contribution in [2.24, 2.45) is 0 Å². The van der Waals surface area contributed by atoms with E-state index in [1.165, 1.54) is 11.8 Å². The summed E-state index contributed by atoms with van der Waals surface area (Å²) >= 11 is 4.61. The van der Waals surface area contributed by atoms with Crippen molar-refractivity contribution in [2.75, 3.05) is 11.1 Å². The molecule has 7 heteroatoms. The number of thioether (sulfide) groups is 1. The molecule has 148 valence electrons. The van der Waals surface area contributed by atoms with E-state index in [1.807, 2.05) is 56.3 Å². The lowest BCUT2D eigenvalue weighted by atomic mass is 9.87. The van der Waals surface area contributed by atoms with Crippen LogP contribution in [0, 0.1) is 25.2 Å². The van der Waals surface area contributed by atoms with Gasteiger partial charge in [0.1, 0.15) is 0 Å². The third-order valence-corrected chi connectivity index (χ3v) is 6.12. The Kier molecular flexibility index (Phi) is 6.78. The van der Waals surface area contributed by atoms with E-state index in [0.717, 1.165) is 26.9 Å². The van der Waals surface area contributed by atoms with Gasteiger partial charge in [-0.3, -0.25) is 9.59 Å². The van der Waals surface area contributed by atoms with Crippen LogP contribution >= 0.6 is 27.7 Å². The van der Waals surface area contributed by atoms with E-state index in [9.17, 15) is 14.9 Å². The summed E-state index contributed by atoms with van der Waals surface area (Å²) in [5.74, 6) is -0.577. The van der Waals surface area contributed by atoms with Crippen LogP contribution in [0.15, 0.2) is 57.5 Å². The molecule has 0 radical (unpaired) electrons. The predicted molar refractivity (Wildman–Crippen MR) is 119 cm³/mol. The lowest BCUT2D eigenvalue weighted by Crippen LogP contribution is -2.31. The number of aryl methyl sites for hydroxylation is 2. The van der Waals surface area contributed by atoms with Crippen molar-refractivity contribution in [3.63, 3.8) is 0 Å². The molecule has 2 N–H and O–H groups in total. The van der Waals surface area contributed by atoms with Crippen molar-refractivity contribution in [1.29, 1.82) is 5.26 Å². The number of anilines is 1. The molecule has 29 heavy (non-hydrogen) atoms. The van der Waals surface area contributed by atoms with Crippen molar-refractivity contribution in [1.82, 2.24) is 5.32 Å². The summed E-state index contributed by atoms with van der Waals surface area (Å²) in [5, 5.41) is 15.8. The van der Waals surface area contributed by atoms with Crippen LogP contribution in [0.2, 0.25) is 0 Å². The highest BCUT2D eigenvalue weighted by molar-refractivity contribution is 9.10. The third-order valence-electron chi connectivity index (χ3n) is 4.61. The molecule has 2 aromatic carbocycles. The maximum Gasteiger partial charge on any atom is 0.234 e. The van der Waals surface area contributed by atoms with E-state index in [4.69, 9.17) is 0 Å². The lowest BCUT2D eigenvalue weighted by Gasteiger charge is -2.25. The van der Waals surface area contributed by atoms with Gasteiger partial charge in [0.2, 0.25) is 11.8 Å². The Morgan fingerprint density at radius 2 is 2.10 bits per heavy atom. The van der Waals surface area contributed by atoms with Gasteiger partial charge in [0.15, 0.2) is 0 Å². The number of nitriles is 1. The smallest absolute Gasteiger partial charge is 0.234 e. The zero-order valence-corrected chi connectivity index (χ0v) is 18.5. The van der Waals surface area contributed by atoms with Gasteiger partial charge in [0, 0.05) is 22.5 Å². The Balaban J connectivity index is 1.76. The minimum Gasteiger partial charge on any atom is -0.325 e. The predicted octanol–water partition coefficient (Wildman–Crippen LogP) is 4.78. The van der Waals surface area contributed by atoms with Gasteiger partial charge in [-0.1, -0.05) is 57.5 Å². The van der Waals surface area contributed by atoms with E-state index in [-0.39, 0.29) is 29.9 Å². The zero-order chi connectivity index (χ0) is 21.0. The summed E-state index contributed by atoms with van der Waals surface area (Å²) in [6.45, 7) is 3.94. The zero-order valence-electron chi connectivity index (χ0n) is 16.1. The maximum absolute atomic E-state index is 12.4.